The van der Waals surface area contributed by atoms with Crippen molar-refractivity contribution in [1.82, 2.24) is 15.0 Å². The number of hydrogen-bond donors (Lipinski definition) is 2. The molecule has 2 heterocycles. The van der Waals surface area contributed by atoms with Gasteiger partial charge in [0.1, 0.15) is 12.4 Å². The summed E-state index contributed by atoms with van der Waals surface area (Å²) in [5.41, 5.74) is 1.38. The molecule has 0 amide bonds. The van der Waals surface area contributed by atoms with Crippen molar-refractivity contribution in [2.75, 3.05) is 5.32 Å². The first-order valence-corrected chi connectivity index (χ1v) is 11.9. The number of anilines is 2. The maximum atomic E-state index is 13.6. The lowest BCUT2D eigenvalue weighted by atomic mass is 9.87. The zero-order valence-electron chi connectivity index (χ0n) is 21.3. The summed E-state index contributed by atoms with van der Waals surface area (Å²) in [7, 11) is 0. The Morgan fingerprint density at radius 3 is 2.39 bits per heavy atom. The first-order valence-electron chi connectivity index (χ1n) is 11.9. The van der Waals surface area contributed by atoms with Gasteiger partial charge in [0, 0.05) is 22.8 Å². The van der Waals surface area contributed by atoms with Crippen LogP contribution in [-0.2, 0) is 27.7 Å². The van der Waals surface area contributed by atoms with Gasteiger partial charge in [0.05, 0.1) is 16.8 Å². The average molecular weight is 525 g/mol. The van der Waals surface area contributed by atoms with Crippen LogP contribution in [0.5, 0.6) is 0 Å². The van der Waals surface area contributed by atoms with Gasteiger partial charge in [0.25, 0.3) is 0 Å². The molecule has 38 heavy (non-hydrogen) atoms. The lowest BCUT2D eigenvalue weighted by Crippen LogP contribution is -2.20. The Hall–Kier alpha value is -4.05. The largest absolute Gasteiger partial charge is 0.479 e. The molecular formula is C28H27F3N4O3. The molecule has 1 unspecified atom stereocenters. The number of hydrogen-bond acceptors (Lipinski definition) is 6. The van der Waals surface area contributed by atoms with E-state index in [9.17, 15) is 18.0 Å². The Bertz CT molecular complexity index is 1470. The number of fused-ring (bicyclic) bond motifs is 1. The number of nitrogens with one attached hydrogen (secondary N) is 1. The Labute approximate surface area is 217 Å². The number of benzene rings is 2. The highest BCUT2D eigenvalue weighted by molar-refractivity contribution is 5.93. The number of pyridine rings is 1. The van der Waals surface area contributed by atoms with Gasteiger partial charge >= 0.3 is 12.1 Å². The number of carboxylic acid groups (broad SMARTS) is 1. The molecule has 2 N–H and O–H groups in total. The van der Waals surface area contributed by atoms with E-state index in [1.54, 1.807) is 12.1 Å². The third-order valence-corrected chi connectivity index (χ3v) is 5.95. The van der Waals surface area contributed by atoms with Crippen molar-refractivity contribution in [3.63, 3.8) is 0 Å². The minimum atomic E-state index is -4.58. The van der Waals surface area contributed by atoms with Crippen molar-refractivity contribution in [2.45, 2.75) is 52.0 Å². The van der Waals surface area contributed by atoms with Gasteiger partial charge in [-0.25, -0.2) is 14.8 Å². The van der Waals surface area contributed by atoms with Gasteiger partial charge in [0.15, 0.2) is 11.9 Å². The topological polar surface area (TPSA) is 97.2 Å². The van der Waals surface area contributed by atoms with Gasteiger partial charge in [-0.2, -0.15) is 13.2 Å². The summed E-state index contributed by atoms with van der Waals surface area (Å²) in [6.07, 6.45) is -4.37. The lowest BCUT2D eigenvalue weighted by Gasteiger charge is -2.19. The van der Waals surface area contributed by atoms with E-state index < -0.39 is 23.8 Å². The van der Waals surface area contributed by atoms with Crippen molar-refractivity contribution < 1.29 is 27.8 Å². The summed E-state index contributed by atoms with van der Waals surface area (Å²) in [4.78, 5) is 24.1. The highest BCUT2D eigenvalue weighted by atomic mass is 19.4. The molecule has 0 fully saturated rings. The highest BCUT2D eigenvalue weighted by Gasteiger charge is 2.34. The molecule has 2 aromatic carbocycles. The van der Waals surface area contributed by atoms with E-state index in [4.69, 9.17) is 9.84 Å². The lowest BCUT2D eigenvalue weighted by molar-refractivity contribution is -0.150. The van der Waals surface area contributed by atoms with Gasteiger partial charge < -0.3 is 15.2 Å². The molecule has 0 saturated carbocycles. The van der Waals surface area contributed by atoms with Gasteiger partial charge in [-0.15, -0.1) is 0 Å². The first kappa shape index (κ1) is 27.0. The van der Waals surface area contributed by atoms with Crippen LogP contribution < -0.4 is 5.32 Å². The molecule has 10 heteroatoms. The second kappa shape index (κ2) is 10.4. The van der Waals surface area contributed by atoms with Crippen LogP contribution in [-0.4, -0.2) is 32.1 Å². The van der Waals surface area contributed by atoms with E-state index in [0.29, 0.717) is 16.7 Å². The number of nitrogens with zero attached hydrogens (tertiary/aromatic N) is 3. The summed E-state index contributed by atoms with van der Waals surface area (Å²) in [6, 6.07) is 14.7. The number of halogens is 3. The van der Waals surface area contributed by atoms with Crippen LogP contribution in [0.1, 0.15) is 44.6 Å². The number of carboxylic acids is 1. The van der Waals surface area contributed by atoms with E-state index >= 15 is 0 Å². The zero-order valence-corrected chi connectivity index (χ0v) is 21.3. The average Bonchev–Trinajstić information content (AvgIpc) is 2.86. The molecule has 0 aliphatic rings. The van der Waals surface area contributed by atoms with Crippen LogP contribution in [0.15, 0.2) is 60.8 Å². The normalized spacial score (nSPS) is 12.9. The molecule has 1 atom stereocenters. The number of carbonyl (C=O) groups is 1. The maximum absolute atomic E-state index is 13.6. The van der Waals surface area contributed by atoms with Gasteiger partial charge in [-0.3, -0.25) is 4.98 Å². The molecule has 0 saturated heterocycles. The Kier molecular flexibility index (Phi) is 7.37. The maximum Gasteiger partial charge on any atom is 0.418 e. The van der Waals surface area contributed by atoms with Crippen molar-refractivity contribution in [3.05, 3.63) is 77.7 Å². The first-order chi connectivity index (χ1) is 17.8. The van der Waals surface area contributed by atoms with Crippen LogP contribution >= 0.6 is 0 Å². The second-order valence-corrected chi connectivity index (χ2v) is 9.86. The third-order valence-electron chi connectivity index (χ3n) is 5.95. The Morgan fingerprint density at radius 1 is 1.05 bits per heavy atom. The van der Waals surface area contributed by atoms with Crippen LogP contribution in [0.3, 0.4) is 0 Å². The van der Waals surface area contributed by atoms with Crippen LogP contribution in [0.4, 0.5) is 24.7 Å². The van der Waals surface area contributed by atoms with E-state index in [0.717, 1.165) is 17.3 Å². The molecule has 0 aliphatic heterocycles. The smallest absolute Gasteiger partial charge is 0.418 e. The zero-order chi connectivity index (χ0) is 27.7. The van der Waals surface area contributed by atoms with Crippen LogP contribution in [0.2, 0.25) is 0 Å². The minimum Gasteiger partial charge on any atom is -0.479 e. The standard InChI is InChI=1S/C28H27F3N4O3/c1-16(26(36)37)38-15-23-34-22-14-17(24-21(28(29,30)31)6-5-13-32-24)7-12-20(22)25(35-23)33-19-10-8-18(9-11-19)27(2,3)4/h5-14,16H,15H2,1-4H3,(H,36,37)(H,33,34,35). The summed E-state index contributed by atoms with van der Waals surface area (Å²) in [6.45, 7) is 7.52. The summed E-state index contributed by atoms with van der Waals surface area (Å²) in [5.74, 6) is -0.558. The van der Waals surface area contributed by atoms with Crippen molar-refractivity contribution >= 4 is 28.4 Å². The fraction of sp³-hybridized carbons (Fsp3) is 0.286. The highest BCUT2D eigenvalue weighted by Crippen LogP contribution is 2.37. The molecule has 198 valence electrons. The number of aromatic nitrogens is 3. The van der Waals surface area contributed by atoms with E-state index in [1.165, 1.54) is 25.3 Å². The number of alkyl halides is 3. The monoisotopic (exact) mass is 524 g/mol. The van der Waals surface area contributed by atoms with Gasteiger partial charge in [-0.05, 0) is 54.3 Å². The van der Waals surface area contributed by atoms with Crippen LogP contribution in [0.25, 0.3) is 22.2 Å². The van der Waals surface area contributed by atoms with E-state index in [1.807, 2.05) is 24.3 Å². The van der Waals surface area contributed by atoms with Crippen molar-refractivity contribution in [2.24, 2.45) is 0 Å². The number of ether oxygens (including phenoxy) is 1. The fourth-order valence-corrected chi connectivity index (χ4v) is 3.81. The quantitative estimate of drug-likeness (QED) is 0.276. The van der Waals surface area contributed by atoms with E-state index in [2.05, 4.69) is 41.0 Å². The van der Waals surface area contributed by atoms with Crippen molar-refractivity contribution in [3.8, 4) is 11.3 Å². The number of aliphatic carboxylic acids is 1. The van der Waals surface area contributed by atoms with Gasteiger partial charge in [0.2, 0.25) is 0 Å². The molecule has 0 radical (unpaired) electrons. The molecule has 7 nitrogen and oxygen atoms in total. The summed E-state index contributed by atoms with van der Waals surface area (Å²) in [5, 5.41) is 13.0. The molecule has 0 bridgehead atoms. The number of rotatable bonds is 7. The predicted molar refractivity (Wildman–Crippen MR) is 138 cm³/mol. The summed E-state index contributed by atoms with van der Waals surface area (Å²) < 4.78 is 46.2. The Morgan fingerprint density at radius 2 is 1.76 bits per heavy atom. The predicted octanol–water partition coefficient (Wildman–Crippen LogP) is 6.74. The van der Waals surface area contributed by atoms with Crippen molar-refractivity contribution in [1.29, 1.82) is 0 Å². The summed E-state index contributed by atoms with van der Waals surface area (Å²) >= 11 is 0. The molecule has 4 rings (SSSR count). The second-order valence-electron chi connectivity index (χ2n) is 9.86. The fourth-order valence-electron chi connectivity index (χ4n) is 3.81. The SMILES string of the molecule is CC(OCc1nc(Nc2ccc(C(C)(C)C)cc2)c2ccc(-c3ncccc3C(F)(F)F)cc2n1)C(=O)O. The molecule has 4 aromatic rings. The Balaban J connectivity index is 1.78. The molecule has 0 spiro atoms. The molecular weight excluding hydrogens is 497 g/mol. The van der Waals surface area contributed by atoms with Crippen LogP contribution in [0, 0.1) is 0 Å². The third kappa shape index (κ3) is 6.08. The molecule has 2 aromatic heterocycles. The minimum absolute atomic E-state index is 0.0252. The van der Waals surface area contributed by atoms with Gasteiger partial charge in [-0.1, -0.05) is 39.0 Å². The van der Waals surface area contributed by atoms with E-state index in [-0.39, 0.29) is 29.1 Å². The molecule has 0 aliphatic carbocycles.